The minimum atomic E-state index is -0.285. The second kappa shape index (κ2) is 5.71. The lowest BCUT2D eigenvalue weighted by Gasteiger charge is -2.07. The third kappa shape index (κ3) is 3.23. The lowest BCUT2D eigenvalue weighted by atomic mass is 10.1. The molecule has 0 saturated heterocycles. The van der Waals surface area contributed by atoms with Gasteiger partial charge in [-0.1, -0.05) is 12.1 Å². The van der Waals surface area contributed by atoms with Crippen molar-refractivity contribution in [3.05, 3.63) is 46.5 Å². The lowest BCUT2D eigenvalue weighted by molar-refractivity contribution is 0.610. The van der Waals surface area contributed by atoms with Crippen molar-refractivity contribution in [2.75, 3.05) is 5.32 Å². The number of aromatic nitrogens is 3. The fraction of sp³-hybridized carbons (Fsp3) is 0.308. The topological polar surface area (TPSA) is 76.7 Å². The van der Waals surface area contributed by atoms with Crippen LogP contribution in [0.15, 0.2) is 18.2 Å². The number of anilines is 1. The summed E-state index contributed by atoms with van der Waals surface area (Å²) in [5.74, 6) is 0.109. The summed E-state index contributed by atoms with van der Waals surface area (Å²) in [6.45, 7) is 4.33. The highest BCUT2D eigenvalue weighted by Gasteiger charge is 2.05. The van der Waals surface area contributed by atoms with Gasteiger partial charge in [-0.25, -0.2) is 9.37 Å². The van der Waals surface area contributed by atoms with Gasteiger partial charge in [0, 0.05) is 18.7 Å². The van der Waals surface area contributed by atoms with Crippen LogP contribution in [0.1, 0.15) is 22.5 Å². The molecule has 3 N–H and O–H groups in total. The summed E-state index contributed by atoms with van der Waals surface area (Å²) in [5.41, 5.74) is 8.35. The summed E-state index contributed by atoms with van der Waals surface area (Å²) in [7, 11) is 0. The van der Waals surface area contributed by atoms with Gasteiger partial charge in [0.05, 0.1) is 11.4 Å². The van der Waals surface area contributed by atoms with Crippen molar-refractivity contribution in [3.63, 3.8) is 0 Å². The number of nitrogens with one attached hydrogen (secondary N) is 1. The molecule has 2 rings (SSSR count). The molecule has 1 heterocycles. The molecule has 6 heteroatoms. The molecule has 0 aliphatic heterocycles. The van der Waals surface area contributed by atoms with Crippen molar-refractivity contribution in [2.45, 2.75) is 26.9 Å². The Kier molecular flexibility index (Phi) is 4.01. The quantitative estimate of drug-likeness (QED) is 0.876. The monoisotopic (exact) mass is 261 g/mol. The van der Waals surface area contributed by atoms with Crippen LogP contribution in [0.2, 0.25) is 0 Å². The van der Waals surface area contributed by atoms with Gasteiger partial charge < -0.3 is 11.1 Å². The van der Waals surface area contributed by atoms with E-state index in [0.29, 0.717) is 24.6 Å². The predicted octanol–water partition coefficient (Wildman–Crippen LogP) is 1.70. The van der Waals surface area contributed by atoms with Gasteiger partial charge in [-0.2, -0.15) is 5.10 Å². The Morgan fingerprint density at radius 3 is 2.63 bits per heavy atom. The smallest absolute Gasteiger partial charge is 0.243 e. The van der Waals surface area contributed by atoms with Crippen LogP contribution in [0, 0.1) is 19.7 Å². The molecule has 0 amide bonds. The van der Waals surface area contributed by atoms with E-state index in [-0.39, 0.29) is 5.82 Å². The first-order valence-electron chi connectivity index (χ1n) is 5.99. The fourth-order valence-corrected chi connectivity index (χ4v) is 1.57. The maximum atomic E-state index is 13.7. The molecule has 0 bridgehead atoms. The van der Waals surface area contributed by atoms with Crippen LogP contribution in [0.4, 0.5) is 10.3 Å². The van der Waals surface area contributed by atoms with Gasteiger partial charge in [-0.3, -0.25) is 0 Å². The van der Waals surface area contributed by atoms with Crippen molar-refractivity contribution in [2.24, 2.45) is 5.73 Å². The van der Waals surface area contributed by atoms with E-state index in [1.807, 2.05) is 13.8 Å². The van der Waals surface area contributed by atoms with E-state index in [4.69, 9.17) is 5.73 Å². The number of halogens is 1. The minimum absolute atomic E-state index is 0.285. The van der Waals surface area contributed by atoms with Crippen molar-refractivity contribution >= 4 is 5.95 Å². The van der Waals surface area contributed by atoms with Crippen molar-refractivity contribution in [1.29, 1.82) is 0 Å². The predicted molar refractivity (Wildman–Crippen MR) is 70.9 cm³/mol. The number of rotatable bonds is 4. The molecule has 0 aliphatic carbocycles. The molecule has 0 aliphatic rings. The maximum absolute atomic E-state index is 13.7. The van der Waals surface area contributed by atoms with Crippen LogP contribution in [-0.4, -0.2) is 15.2 Å². The van der Waals surface area contributed by atoms with Crippen LogP contribution < -0.4 is 11.1 Å². The molecule has 0 fully saturated rings. The van der Waals surface area contributed by atoms with E-state index in [9.17, 15) is 4.39 Å². The molecule has 100 valence electrons. The molecule has 5 nitrogen and oxygen atoms in total. The van der Waals surface area contributed by atoms with Crippen molar-refractivity contribution < 1.29 is 4.39 Å². The van der Waals surface area contributed by atoms with Crippen LogP contribution in [0.5, 0.6) is 0 Å². The van der Waals surface area contributed by atoms with Crippen LogP contribution in [-0.2, 0) is 13.1 Å². The van der Waals surface area contributed by atoms with Crippen molar-refractivity contribution in [1.82, 2.24) is 15.2 Å². The van der Waals surface area contributed by atoms with Gasteiger partial charge in [0.1, 0.15) is 5.82 Å². The average molecular weight is 261 g/mol. The fourth-order valence-electron chi connectivity index (χ4n) is 1.57. The number of hydrogen-bond donors (Lipinski definition) is 2. The van der Waals surface area contributed by atoms with Crippen LogP contribution in [0.25, 0.3) is 0 Å². The Balaban J connectivity index is 2.07. The SMILES string of the molecule is Cc1nnc(NCc2ccc(CN)cc2F)nc1C. The minimum Gasteiger partial charge on any atom is -0.349 e. The Labute approximate surface area is 111 Å². The van der Waals surface area contributed by atoms with Crippen LogP contribution >= 0.6 is 0 Å². The van der Waals surface area contributed by atoms with Gasteiger partial charge in [-0.05, 0) is 25.5 Å². The first-order valence-corrected chi connectivity index (χ1v) is 5.99. The Hall–Kier alpha value is -2.08. The normalized spacial score (nSPS) is 10.5. The zero-order chi connectivity index (χ0) is 13.8. The summed E-state index contributed by atoms with van der Waals surface area (Å²) in [5, 5.41) is 10.8. The molecule has 0 saturated carbocycles. The van der Waals surface area contributed by atoms with E-state index in [1.165, 1.54) is 6.07 Å². The molecular weight excluding hydrogens is 245 g/mol. The molecule has 1 aromatic carbocycles. The number of nitrogens with two attached hydrogens (primary N) is 1. The molecule has 1 aromatic heterocycles. The van der Waals surface area contributed by atoms with Crippen molar-refractivity contribution in [3.8, 4) is 0 Å². The summed E-state index contributed by atoms with van der Waals surface area (Å²) in [4.78, 5) is 4.22. The molecule has 0 spiro atoms. The Bertz CT molecular complexity index is 585. The molecular formula is C13H16FN5. The Morgan fingerprint density at radius 2 is 2.00 bits per heavy atom. The van der Waals surface area contributed by atoms with E-state index in [1.54, 1.807) is 12.1 Å². The summed E-state index contributed by atoms with van der Waals surface area (Å²) < 4.78 is 13.7. The Morgan fingerprint density at radius 1 is 1.21 bits per heavy atom. The maximum Gasteiger partial charge on any atom is 0.243 e. The third-order valence-corrected chi connectivity index (χ3v) is 2.88. The lowest BCUT2D eigenvalue weighted by Crippen LogP contribution is -2.08. The summed E-state index contributed by atoms with van der Waals surface area (Å²) in [6.07, 6.45) is 0. The molecule has 0 unspecified atom stereocenters. The van der Waals surface area contributed by atoms with Gasteiger partial charge in [-0.15, -0.1) is 5.10 Å². The highest BCUT2D eigenvalue weighted by Crippen LogP contribution is 2.12. The van der Waals surface area contributed by atoms with Gasteiger partial charge in [0.25, 0.3) is 0 Å². The number of aryl methyl sites for hydroxylation is 2. The standard InChI is InChI=1S/C13H16FN5/c1-8-9(2)18-19-13(17-8)16-7-11-4-3-10(6-15)5-12(11)14/h3-5H,6-7,15H2,1-2H3,(H,16,17,19). The molecule has 19 heavy (non-hydrogen) atoms. The second-order valence-electron chi connectivity index (χ2n) is 4.29. The molecule has 0 atom stereocenters. The zero-order valence-electron chi connectivity index (χ0n) is 10.9. The van der Waals surface area contributed by atoms with E-state index >= 15 is 0 Å². The second-order valence-corrected chi connectivity index (χ2v) is 4.29. The van der Waals surface area contributed by atoms with Gasteiger partial charge >= 0.3 is 0 Å². The molecule has 0 radical (unpaired) electrons. The van der Waals surface area contributed by atoms with E-state index < -0.39 is 0 Å². The van der Waals surface area contributed by atoms with E-state index in [2.05, 4.69) is 20.5 Å². The van der Waals surface area contributed by atoms with Gasteiger partial charge in [0.2, 0.25) is 5.95 Å². The number of hydrogen-bond acceptors (Lipinski definition) is 5. The zero-order valence-corrected chi connectivity index (χ0v) is 10.9. The third-order valence-electron chi connectivity index (χ3n) is 2.88. The van der Waals surface area contributed by atoms with Gasteiger partial charge in [0.15, 0.2) is 0 Å². The number of benzene rings is 1. The summed E-state index contributed by atoms with van der Waals surface area (Å²) >= 11 is 0. The first-order chi connectivity index (χ1) is 9.10. The first kappa shape index (κ1) is 13.4. The van der Waals surface area contributed by atoms with E-state index in [0.717, 1.165) is 17.0 Å². The highest BCUT2D eigenvalue weighted by molar-refractivity contribution is 5.30. The average Bonchev–Trinajstić information content (AvgIpc) is 2.41. The largest absolute Gasteiger partial charge is 0.349 e. The van der Waals surface area contributed by atoms with Crippen LogP contribution in [0.3, 0.4) is 0 Å². The molecule has 2 aromatic rings. The highest BCUT2D eigenvalue weighted by atomic mass is 19.1. The number of nitrogens with zero attached hydrogens (tertiary/aromatic N) is 3. The summed E-state index contributed by atoms with van der Waals surface area (Å²) in [6, 6.07) is 4.95.